The van der Waals surface area contributed by atoms with E-state index in [1.165, 1.54) is 44.1 Å². The average Bonchev–Trinajstić information content (AvgIpc) is 3.78. The van der Waals surface area contributed by atoms with E-state index in [0.717, 1.165) is 83.9 Å². The van der Waals surface area contributed by atoms with Gasteiger partial charge in [0.25, 0.3) is 0 Å². The lowest BCUT2D eigenvalue weighted by Gasteiger charge is -2.57. The van der Waals surface area contributed by atoms with Crippen LogP contribution in [0.2, 0.25) is 0 Å². The monoisotopic (exact) mass is 723 g/mol. The lowest BCUT2D eigenvalue weighted by molar-refractivity contribution is -0.00518. The Kier molecular flexibility index (Phi) is 6.78. The smallest absolute Gasteiger partial charge is 0.164 e. The van der Waals surface area contributed by atoms with Gasteiger partial charge in [-0.15, -0.1) is 0 Å². The van der Waals surface area contributed by atoms with Crippen LogP contribution in [0, 0.1) is 29.1 Å². The molecule has 0 saturated heterocycles. The first-order valence-electron chi connectivity index (χ1n) is 19.9. The maximum atomic E-state index is 9.43. The zero-order valence-electron chi connectivity index (χ0n) is 30.8. The number of benzene rings is 6. The van der Waals surface area contributed by atoms with Crippen molar-refractivity contribution in [2.45, 2.75) is 43.9 Å². The van der Waals surface area contributed by atoms with Gasteiger partial charge in [0.05, 0.1) is 22.7 Å². The van der Waals surface area contributed by atoms with E-state index in [9.17, 15) is 5.26 Å². The largest absolute Gasteiger partial charge is 0.456 e. The lowest BCUT2D eigenvalue weighted by atomic mass is 9.48. The molecule has 4 aliphatic carbocycles. The third kappa shape index (κ3) is 4.90. The maximum Gasteiger partial charge on any atom is 0.164 e. The van der Waals surface area contributed by atoms with Crippen molar-refractivity contribution in [3.63, 3.8) is 0 Å². The molecule has 13 rings (SSSR count). The second kappa shape index (κ2) is 12.0. The van der Waals surface area contributed by atoms with Crippen molar-refractivity contribution in [3.8, 4) is 45.9 Å². The van der Waals surface area contributed by atoms with Gasteiger partial charge in [-0.2, -0.15) is 5.26 Å². The van der Waals surface area contributed by atoms with E-state index in [1.54, 1.807) is 0 Å². The van der Waals surface area contributed by atoms with Crippen LogP contribution < -0.4 is 0 Å². The zero-order chi connectivity index (χ0) is 37.0. The number of aromatic nitrogens is 4. The number of nitrogens with zero attached hydrogens (tertiary/aromatic N) is 5. The summed E-state index contributed by atoms with van der Waals surface area (Å²) in [6.07, 6.45) is 8.34. The summed E-state index contributed by atoms with van der Waals surface area (Å²) < 4.78 is 8.57. The quantitative estimate of drug-likeness (QED) is 0.177. The molecule has 3 aromatic heterocycles. The Hall–Kier alpha value is -6.58. The van der Waals surface area contributed by atoms with E-state index < -0.39 is 0 Å². The number of hydrogen-bond donors (Lipinski definition) is 0. The Morgan fingerprint density at radius 2 is 1.11 bits per heavy atom. The van der Waals surface area contributed by atoms with Gasteiger partial charge in [0.15, 0.2) is 17.5 Å². The van der Waals surface area contributed by atoms with Crippen LogP contribution in [0.3, 0.4) is 0 Å². The molecule has 6 nitrogen and oxygen atoms in total. The van der Waals surface area contributed by atoms with E-state index in [4.69, 9.17) is 19.4 Å². The molecule has 4 fully saturated rings. The standard InChI is InChI=1S/C50H37N5O/c51-29-30-9-17-38(18-10-30)55-43-7-3-1-5-39(43)42-24-35(14-20-44(42)55)48-52-47(34-11-15-37(16-12-34)50-26-31-21-32(27-50)23-33(22-31)28-50)53-49(54-48)36-13-19-41-40-6-2-4-8-45(40)56-46(41)25-36/h1-20,24-25,31-33H,21-23,26-28H2/t31-,32-,33-,50?. The van der Waals surface area contributed by atoms with Crippen molar-refractivity contribution in [3.05, 3.63) is 145 Å². The Labute approximate surface area is 324 Å². The molecule has 9 aromatic rings. The second-order valence-electron chi connectivity index (χ2n) is 16.6. The minimum atomic E-state index is 0.330. The Bertz CT molecular complexity index is 3040. The molecule has 6 heteroatoms. The zero-order valence-corrected chi connectivity index (χ0v) is 30.8. The maximum absolute atomic E-state index is 9.43. The topological polar surface area (TPSA) is 80.5 Å². The van der Waals surface area contributed by atoms with Gasteiger partial charge in [-0.3, -0.25) is 0 Å². The van der Waals surface area contributed by atoms with Crippen molar-refractivity contribution in [2.75, 3.05) is 0 Å². The number of rotatable bonds is 5. The van der Waals surface area contributed by atoms with Crippen LogP contribution in [0.4, 0.5) is 0 Å². The summed E-state index contributed by atoms with van der Waals surface area (Å²) in [4.78, 5) is 15.5. The fraction of sp³-hybridized carbons (Fsp3) is 0.200. The van der Waals surface area contributed by atoms with Gasteiger partial charge in [0.2, 0.25) is 0 Å². The molecule has 4 bridgehead atoms. The molecule has 4 saturated carbocycles. The molecule has 0 atom stereocenters. The number of nitriles is 1. The molecule has 0 N–H and O–H groups in total. The normalized spacial score (nSPS) is 21.4. The van der Waals surface area contributed by atoms with Gasteiger partial charge < -0.3 is 8.98 Å². The van der Waals surface area contributed by atoms with Gasteiger partial charge >= 0.3 is 0 Å². The third-order valence-corrected chi connectivity index (χ3v) is 13.3. The first kappa shape index (κ1) is 31.7. The summed E-state index contributed by atoms with van der Waals surface area (Å²) in [6, 6.07) is 48.6. The van der Waals surface area contributed by atoms with E-state index in [0.29, 0.717) is 28.5 Å². The molecular weight excluding hydrogens is 687 g/mol. The second-order valence-corrected chi connectivity index (χ2v) is 16.6. The van der Waals surface area contributed by atoms with Crippen LogP contribution in [0.25, 0.3) is 83.6 Å². The number of furan rings is 1. The summed E-state index contributed by atoms with van der Waals surface area (Å²) in [5.41, 5.74) is 10.1. The van der Waals surface area contributed by atoms with Crippen LogP contribution in [0.1, 0.15) is 49.7 Å². The minimum absolute atomic E-state index is 0.330. The summed E-state index contributed by atoms with van der Waals surface area (Å²) in [5.74, 6) is 4.58. The summed E-state index contributed by atoms with van der Waals surface area (Å²) in [5, 5.41) is 13.8. The average molecular weight is 724 g/mol. The molecule has 0 amide bonds. The van der Waals surface area contributed by atoms with Gasteiger partial charge in [-0.1, -0.05) is 66.7 Å². The molecule has 0 spiro atoms. The van der Waals surface area contributed by atoms with Crippen molar-refractivity contribution in [1.29, 1.82) is 5.26 Å². The highest BCUT2D eigenvalue weighted by atomic mass is 16.3. The highest BCUT2D eigenvalue weighted by Gasteiger charge is 2.51. The van der Waals surface area contributed by atoms with Crippen LogP contribution in [-0.2, 0) is 5.41 Å². The van der Waals surface area contributed by atoms with Crippen molar-refractivity contribution >= 4 is 43.7 Å². The number of hydrogen-bond acceptors (Lipinski definition) is 5. The summed E-state index contributed by atoms with van der Waals surface area (Å²) in [6.45, 7) is 0. The summed E-state index contributed by atoms with van der Waals surface area (Å²) in [7, 11) is 0. The van der Waals surface area contributed by atoms with Crippen molar-refractivity contribution in [1.82, 2.24) is 19.5 Å². The molecule has 268 valence electrons. The lowest BCUT2D eigenvalue weighted by Crippen LogP contribution is -2.48. The van der Waals surface area contributed by atoms with E-state index in [1.807, 2.05) is 42.5 Å². The predicted octanol–water partition coefficient (Wildman–Crippen LogP) is 12.2. The third-order valence-electron chi connectivity index (χ3n) is 13.3. The number of fused-ring (bicyclic) bond motifs is 6. The highest BCUT2D eigenvalue weighted by Crippen LogP contribution is 2.60. The molecule has 0 aliphatic heterocycles. The van der Waals surface area contributed by atoms with Crippen LogP contribution in [-0.4, -0.2) is 19.5 Å². The predicted molar refractivity (Wildman–Crippen MR) is 222 cm³/mol. The van der Waals surface area contributed by atoms with Gasteiger partial charge in [0.1, 0.15) is 11.2 Å². The minimum Gasteiger partial charge on any atom is -0.456 e. The first-order chi connectivity index (χ1) is 27.6. The molecule has 4 aliphatic rings. The molecule has 0 unspecified atom stereocenters. The van der Waals surface area contributed by atoms with Crippen LogP contribution >= 0.6 is 0 Å². The van der Waals surface area contributed by atoms with Gasteiger partial charge in [0, 0.05) is 43.9 Å². The van der Waals surface area contributed by atoms with Crippen LogP contribution in [0.5, 0.6) is 0 Å². The molecule has 6 aromatic carbocycles. The first-order valence-corrected chi connectivity index (χ1v) is 19.9. The highest BCUT2D eigenvalue weighted by molar-refractivity contribution is 6.10. The molecule has 0 radical (unpaired) electrons. The molecule has 56 heavy (non-hydrogen) atoms. The molecule has 3 heterocycles. The van der Waals surface area contributed by atoms with Crippen molar-refractivity contribution in [2.24, 2.45) is 17.8 Å². The number of para-hydroxylation sites is 2. The van der Waals surface area contributed by atoms with Gasteiger partial charge in [-0.05, 0) is 134 Å². The van der Waals surface area contributed by atoms with Crippen LogP contribution in [0.15, 0.2) is 138 Å². The fourth-order valence-electron chi connectivity index (χ4n) is 11.1. The summed E-state index contributed by atoms with van der Waals surface area (Å²) >= 11 is 0. The van der Waals surface area contributed by atoms with Gasteiger partial charge in [-0.25, -0.2) is 15.0 Å². The molecular formula is C50H37N5O. The Balaban J connectivity index is 1.00. The fourth-order valence-corrected chi connectivity index (χ4v) is 11.1. The SMILES string of the molecule is N#Cc1ccc(-n2c3ccccc3c3cc(-c4nc(-c5ccc(C67C[C@H]8C[C@H](C6)C[C@@H](C7)C8)cc5)nc(-c5ccc6c(c5)oc5ccccc56)n4)ccc32)cc1. The van der Waals surface area contributed by atoms with E-state index in [2.05, 4.69) is 102 Å². The van der Waals surface area contributed by atoms with Crippen molar-refractivity contribution < 1.29 is 4.42 Å². The van der Waals surface area contributed by atoms with E-state index in [-0.39, 0.29) is 0 Å². The van der Waals surface area contributed by atoms with E-state index >= 15 is 0 Å². The Morgan fingerprint density at radius 3 is 1.82 bits per heavy atom. The Morgan fingerprint density at radius 1 is 0.536 bits per heavy atom.